The van der Waals surface area contributed by atoms with Crippen molar-refractivity contribution in [2.45, 2.75) is 19.9 Å². The van der Waals surface area contributed by atoms with Crippen molar-refractivity contribution in [3.63, 3.8) is 0 Å². The first-order valence-corrected chi connectivity index (χ1v) is 7.19. The summed E-state index contributed by atoms with van der Waals surface area (Å²) in [6.45, 7) is 3.51. The number of rotatable bonds is 6. The van der Waals surface area contributed by atoms with Crippen LogP contribution in [0.3, 0.4) is 0 Å². The Kier molecular flexibility index (Phi) is 5.44. The average Bonchev–Trinajstić information content (AvgIpc) is 2.45. The summed E-state index contributed by atoms with van der Waals surface area (Å²) < 4.78 is 0. The molecule has 0 spiro atoms. The second-order valence-electron chi connectivity index (χ2n) is 4.30. The van der Waals surface area contributed by atoms with E-state index in [0.29, 0.717) is 28.4 Å². The monoisotopic (exact) mass is 310 g/mol. The van der Waals surface area contributed by atoms with Crippen LogP contribution in [0.1, 0.15) is 18.9 Å². The van der Waals surface area contributed by atoms with Crippen molar-refractivity contribution in [1.29, 1.82) is 0 Å². The minimum atomic E-state index is 0.495. The Hall–Kier alpha value is -1.52. The largest absolute Gasteiger partial charge is 0.365 e. The molecule has 6 heteroatoms. The van der Waals surface area contributed by atoms with Crippen LogP contribution in [0.25, 0.3) is 0 Å². The molecule has 4 nitrogen and oxygen atoms in total. The average molecular weight is 311 g/mol. The fourth-order valence-electron chi connectivity index (χ4n) is 1.65. The molecule has 1 heterocycles. The third kappa shape index (κ3) is 4.25. The zero-order valence-electron chi connectivity index (χ0n) is 11.2. The van der Waals surface area contributed by atoms with Crippen molar-refractivity contribution in [2.24, 2.45) is 0 Å². The lowest BCUT2D eigenvalue weighted by Crippen LogP contribution is -2.08. The van der Waals surface area contributed by atoms with Gasteiger partial charge in [0.05, 0.1) is 6.20 Å². The van der Waals surface area contributed by atoms with Gasteiger partial charge in [0, 0.05) is 18.1 Å². The van der Waals surface area contributed by atoms with Crippen LogP contribution in [0.15, 0.2) is 30.5 Å². The van der Waals surface area contributed by atoms with Crippen LogP contribution in [-0.2, 0) is 6.54 Å². The van der Waals surface area contributed by atoms with Crippen molar-refractivity contribution in [3.8, 4) is 0 Å². The molecule has 0 fully saturated rings. The highest BCUT2D eigenvalue weighted by Crippen LogP contribution is 2.20. The number of nitrogens with one attached hydrogen (secondary N) is 2. The van der Waals surface area contributed by atoms with Crippen LogP contribution in [0.4, 0.5) is 11.8 Å². The minimum Gasteiger partial charge on any atom is -0.365 e. The van der Waals surface area contributed by atoms with E-state index in [2.05, 4.69) is 27.5 Å². The van der Waals surface area contributed by atoms with Gasteiger partial charge in [0.15, 0.2) is 5.82 Å². The Balaban J connectivity index is 2.04. The van der Waals surface area contributed by atoms with E-state index in [1.165, 1.54) is 0 Å². The topological polar surface area (TPSA) is 49.8 Å². The molecule has 0 saturated heterocycles. The van der Waals surface area contributed by atoms with Crippen molar-refractivity contribution < 1.29 is 0 Å². The maximum absolute atomic E-state index is 6.09. The SMILES string of the molecule is CCCNc1ncc(Cl)c(NCc2cccc(Cl)c2)n1. The first kappa shape index (κ1) is 14.9. The summed E-state index contributed by atoms with van der Waals surface area (Å²) in [5, 5.41) is 7.52. The maximum Gasteiger partial charge on any atom is 0.224 e. The van der Waals surface area contributed by atoms with Gasteiger partial charge in [0.25, 0.3) is 0 Å². The molecule has 0 unspecified atom stereocenters. The molecular weight excluding hydrogens is 295 g/mol. The van der Waals surface area contributed by atoms with E-state index < -0.39 is 0 Å². The van der Waals surface area contributed by atoms with Gasteiger partial charge in [-0.25, -0.2) is 4.98 Å². The fourth-order valence-corrected chi connectivity index (χ4v) is 2.02. The van der Waals surface area contributed by atoms with Gasteiger partial charge in [-0.2, -0.15) is 4.98 Å². The molecule has 1 aromatic carbocycles. The first-order chi connectivity index (χ1) is 9.69. The number of anilines is 2. The standard InChI is InChI=1S/C14H16Cl2N4/c1-2-6-17-14-19-9-12(16)13(20-14)18-8-10-4-3-5-11(15)7-10/h3-5,7,9H,2,6,8H2,1H3,(H2,17,18,19,20). The quantitative estimate of drug-likeness (QED) is 0.839. The second kappa shape index (κ2) is 7.31. The summed E-state index contributed by atoms with van der Waals surface area (Å²) in [7, 11) is 0. The van der Waals surface area contributed by atoms with Gasteiger partial charge in [-0.05, 0) is 24.1 Å². The number of nitrogens with zero attached hydrogens (tertiary/aromatic N) is 2. The Morgan fingerprint density at radius 3 is 2.80 bits per heavy atom. The lowest BCUT2D eigenvalue weighted by Gasteiger charge is -2.10. The van der Waals surface area contributed by atoms with Gasteiger partial charge in [0.1, 0.15) is 5.02 Å². The fraction of sp³-hybridized carbons (Fsp3) is 0.286. The Bertz CT molecular complexity index is 575. The van der Waals surface area contributed by atoms with Gasteiger partial charge in [0.2, 0.25) is 5.95 Å². The molecule has 2 rings (SSSR count). The Morgan fingerprint density at radius 1 is 1.20 bits per heavy atom. The van der Waals surface area contributed by atoms with Gasteiger partial charge in [-0.3, -0.25) is 0 Å². The number of aromatic nitrogens is 2. The molecule has 20 heavy (non-hydrogen) atoms. The lowest BCUT2D eigenvalue weighted by molar-refractivity contribution is 0.950. The molecule has 0 aliphatic rings. The summed E-state index contributed by atoms with van der Waals surface area (Å²) in [5.41, 5.74) is 1.07. The van der Waals surface area contributed by atoms with Crippen LogP contribution >= 0.6 is 23.2 Å². The van der Waals surface area contributed by atoms with Crippen molar-refractivity contribution in [1.82, 2.24) is 9.97 Å². The molecule has 0 aliphatic carbocycles. The highest BCUT2D eigenvalue weighted by molar-refractivity contribution is 6.32. The van der Waals surface area contributed by atoms with E-state index in [4.69, 9.17) is 23.2 Å². The molecular formula is C14H16Cl2N4. The van der Waals surface area contributed by atoms with Crippen molar-refractivity contribution in [2.75, 3.05) is 17.2 Å². The van der Waals surface area contributed by atoms with Crippen LogP contribution < -0.4 is 10.6 Å². The molecule has 1 aromatic heterocycles. The smallest absolute Gasteiger partial charge is 0.224 e. The van der Waals surface area contributed by atoms with E-state index >= 15 is 0 Å². The molecule has 0 bridgehead atoms. The Morgan fingerprint density at radius 2 is 2.05 bits per heavy atom. The number of hydrogen-bond donors (Lipinski definition) is 2. The first-order valence-electron chi connectivity index (χ1n) is 6.43. The number of halogens is 2. The predicted molar refractivity (Wildman–Crippen MR) is 84.6 cm³/mol. The van der Waals surface area contributed by atoms with Crippen LogP contribution in [-0.4, -0.2) is 16.5 Å². The van der Waals surface area contributed by atoms with Gasteiger partial charge in [-0.1, -0.05) is 42.3 Å². The van der Waals surface area contributed by atoms with E-state index in [1.54, 1.807) is 6.20 Å². The Labute approximate surface area is 128 Å². The molecule has 2 aromatic rings. The molecule has 0 radical (unpaired) electrons. The lowest BCUT2D eigenvalue weighted by atomic mass is 10.2. The van der Waals surface area contributed by atoms with Gasteiger partial charge >= 0.3 is 0 Å². The van der Waals surface area contributed by atoms with E-state index in [1.807, 2.05) is 24.3 Å². The van der Waals surface area contributed by atoms with E-state index in [0.717, 1.165) is 18.5 Å². The zero-order valence-corrected chi connectivity index (χ0v) is 12.7. The molecule has 2 N–H and O–H groups in total. The van der Waals surface area contributed by atoms with Crippen LogP contribution in [0.2, 0.25) is 10.0 Å². The zero-order chi connectivity index (χ0) is 14.4. The predicted octanol–water partition coefficient (Wildman–Crippen LogP) is 4.22. The van der Waals surface area contributed by atoms with Crippen LogP contribution in [0, 0.1) is 0 Å². The maximum atomic E-state index is 6.09. The molecule has 0 aliphatic heterocycles. The van der Waals surface area contributed by atoms with Crippen LogP contribution in [0.5, 0.6) is 0 Å². The highest BCUT2D eigenvalue weighted by Gasteiger charge is 2.05. The normalized spacial score (nSPS) is 10.3. The minimum absolute atomic E-state index is 0.495. The summed E-state index contributed by atoms with van der Waals surface area (Å²) in [5.74, 6) is 1.19. The molecule has 106 valence electrons. The summed E-state index contributed by atoms with van der Waals surface area (Å²) in [6, 6.07) is 7.65. The second-order valence-corrected chi connectivity index (χ2v) is 5.14. The third-order valence-corrected chi connectivity index (χ3v) is 3.14. The van der Waals surface area contributed by atoms with E-state index in [9.17, 15) is 0 Å². The summed E-state index contributed by atoms with van der Waals surface area (Å²) in [6.07, 6.45) is 2.60. The van der Waals surface area contributed by atoms with Crippen molar-refractivity contribution in [3.05, 3.63) is 46.1 Å². The van der Waals surface area contributed by atoms with Gasteiger partial charge < -0.3 is 10.6 Å². The molecule has 0 saturated carbocycles. The number of hydrogen-bond acceptors (Lipinski definition) is 4. The van der Waals surface area contributed by atoms with Gasteiger partial charge in [-0.15, -0.1) is 0 Å². The summed E-state index contributed by atoms with van der Waals surface area (Å²) in [4.78, 5) is 8.48. The number of benzene rings is 1. The molecule has 0 atom stereocenters. The third-order valence-electron chi connectivity index (χ3n) is 2.63. The van der Waals surface area contributed by atoms with E-state index in [-0.39, 0.29) is 0 Å². The highest BCUT2D eigenvalue weighted by atomic mass is 35.5. The molecule has 0 amide bonds. The summed E-state index contributed by atoms with van der Waals surface area (Å²) >= 11 is 12.0. The van der Waals surface area contributed by atoms with Crippen molar-refractivity contribution >= 4 is 35.0 Å².